The predicted molar refractivity (Wildman–Crippen MR) is 138 cm³/mol. The molecule has 4 aromatic rings. The van der Waals surface area contributed by atoms with E-state index in [1.807, 2.05) is 60.0 Å². The summed E-state index contributed by atoms with van der Waals surface area (Å²) in [4.78, 5) is 12.7. The van der Waals surface area contributed by atoms with E-state index < -0.39 is 0 Å². The molecule has 0 unspecified atom stereocenters. The van der Waals surface area contributed by atoms with Gasteiger partial charge in [-0.1, -0.05) is 71.9 Å². The highest BCUT2D eigenvalue weighted by Crippen LogP contribution is 2.31. The number of carbonyl (C=O) groups excluding carboxylic acids is 1. The smallest absolute Gasteiger partial charge is 0.234 e. The molecule has 0 spiro atoms. The molecule has 174 valence electrons. The Bertz CT molecular complexity index is 1280. The number of methoxy groups -OCH3 is 1. The number of nitrogens with one attached hydrogen (secondary N) is 1. The lowest BCUT2D eigenvalue weighted by Gasteiger charge is -2.13. The first kappa shape index (κ1) is 23.9. The van der Waals surface area contributed by atoms with Gasteiger partial charge in [-0.05, 0) is 48.7 Å². The number of rotatable bonds is 9. The van der Waals surface area contributed by atoms with E-state index in [-0.39, 0.29) is 11.7 Å². The molecule has 0 saturated heterocycles. The molecular formula is C26H25ClN4O2S. The molecule has 0 radical (unpaired) electrons. The molecule has 0 fully saturated rings. The normalized spacial score (nSPS) is 10.8. The molecule has 1 heterocycles. The maximum Gasteiger partial charge on any atom is 0.234 e. The number of para-hydroxylation sites is 1. The number of nitrogens with zero attached hydrogens (tertiary/aromatic N) is 3. The lowest BCUT2D eigenvalue weighted by Crippen LogP contribution is -2.15. The minimum absolute atomic E-state index is 0.133. The van der Waals surface area contributed by atoms with Gasteiger partial charge in [0.1, 0.15) is 5.75 Å². The average Bonchev–Trinajstić information content (AvgIpc) is 3.26. The van der Waals surface area contributed by atoms with E-state index in [1.165, 1.54) is 17.3 Å². The van der Waals surface area contributed by atoms with Crippen molar-refractivity contribution in [3.05, 3.63) is 88.9 Å². The van der Waals surface area contributed by atoms with Crippen LogP contribution in [0, 0.1) is 6.92 Å². The van der Waals surface area contributed by atoms with Crippen LogP contribution in [-0.2, 0) is 17.8 Å². The summed E-state index contributed by atoms with van der Waals surface area (Å²) in [6, 6.07) is 23.4. The van der Waals surface area contributed by atoms with Crippen LogP contribution in [-0.4, -0.2) is 33.5 Å². The van der Waals surface area contributed by atoms with Crippen molar-refractivity contribution in [2.45, 2.75) is 25.0 Å². The van der Waals surface area contributed by atoms with Crippen LogP contribution < -0.4 is 10.1 Å². The Morgan fingerprint density at radius 2 is 1.82 bits per heavy atom. The third-order valence-electron chi connectivity index (χ3n) is 5.34. The molecule has 1 N–H and O–H groups in total. The third kappa shape index (κ3) is 5.79. The molecule has 4 rings (SSSR count). The maximum atomic E-state index is 12.7. The molecule has 0 atom stereocenters. The first-order valence-corrected chi connectivity index (χ1v) is 12.2. The predicted octanol–water partition coefficient (Wildman–Crippen LogP) is 5.89. The van der Waals surface area contributed by atoms with Gasteiger partial charge < -0.3 is 14.6 Å². The summed E-state index contributed by atoms with van der Waals surface area (Å²) >= 11 is 7.43. The van der Waals surface area contributed by atoms with Crippen molar-refractivity contribution in [1.29, 1.82) is 0 Å². The number of carbonyl (C=O) groups is 1. The number of anilines is 1. The second kappa shape index (κ2) is 11.2. The van der Waals surface area contributed by atoms with E-state index in [0.717, 1.165) is 23.3 Å². The number of aryl methyl sites for hydroxylation is 2. The van der Waals surface area contributed by atoms with Gasteiger partial charge in [-0.2, -0.15) is 0 Å². The van der Waals surface area contributed by atoms with Gasteiger partial charge >= 0.3 is 0 Å². The van der Waals surface area contributed by atoms with Crippen molar-refractivity contribution in [2.75, 3.05) is 18.2 Å². The zero-order chi connectivity index (χ0) is 23.9. The SMILES string of the molecule is COc1ccccc1-c1nnc(SCC(=O)Nc2cc(Cl)ccc2C)n1CCc1ccccc1. The summed E-state index contributed by atoms with van der Waals surface area (Å²) in [5.74, 6) is 1.50. The molecule has 34 heavy (non-hydrogen) atoms. The first-order valence-electron chi connectivity index (χ1n) is 10.8. The minimum atomic E-state index is -0.133. The second-order valence-corrected chi connectivity index (χ2v) is 9.07. The number of hydrogen-bond donors (Lipinski definition) is 1. The molecule has 3 aromatic carbocycles. The number of amides is 1. The Kier molecular flexibility index (Phi) is 7.87. The summed E-state index contributed by atoms with van der Waals surface area (Å²) in [6.45, 7) is 2.60. The van der Waals surface area contributed by atoms with Crippen molar-refractivity contribution in [2.24, 2.45) is 0 Å². The Morgan fingerprint density at radius 1 is 1.06 bits per heavy atom. The van der Waals surface area contributed by atoms with Crippen molar-refractivity contribution in [1.82, 2.24) is 14.8 Å². The number of benzene rings is 3. The molecule has 0 bridgehead atoms. The van der Waals surface area contributed by atoms with Crippen LogP contribution in [0.25, 0.3) is 11.4 Å². The molecule has 0 aliphatic rings. The topological polar surface area (TPSA) is 69.0 Å². The van der Waals surface area contributed by atoms with Crippen LogP contribution in [0.15, 0.2) is 78.0 Å². The summed E-state index contributed by atoms with van der Waals surface area (Å²) in [6.07, 6.45) is 0.808. The molecule has 0 aliphatic heterocycles. The van der Waals surface area contributed by atoms with E-state index in [0.29, 0.717) is 28.2 Å². The van der Waals surface area contributed by atoms with Crippen LogP contribution in [0.4, 0.5) is 5.69 Å². The van der Waals surface area contributed by atoms with Crippen LogP contribution in [0.2, 0.25) is 5.02 Å². The summed E-state index contributed by atoms with van der Waals surface area (Å²) in [5.41, 5.74) is 3.73. The summed E-state index contributed by atoms with van der Waals surface area (Å²) < 4.78 is 7.60. The molecule has 8 heteroatoms. The van der Waals surface area contributed by atoms with Gasteiger partial charge in [-0.15, -0.1) is 10.2 Å². The van der Waals surface area contributed by atoms with Gasteiger partial charge in [0.05, 0.1) is 18.4 Å². The fourth-order valence-electron chi connectivity index (χ4n) is 3.56. The molecule has 1 aromatic heterocycles. The van der Waals surface area contributed by atoms with E-state index >= 15 is 0 Å². The molecule has 1 amide bonds. The largest absolute Gasteiger partial charge is 0.496 e. The Labute approximate surface area is 208 Å². The third-order valence-corrected chi connectivity index (χ3v) is 6.54. The van der Waals surface area contributed by atoms with Gasteiger partial charge in [0.2, 0.25) is 5.91 Å². The average molecular weight is 493 g/mol. The Hall–Kier alpha value is -3.29. The van der Waals surface area contributed by atoms with Crippen LogP contribution >= 0.6 is 23.4 Å². The van der Waals surface area contributed by atoms with Crippen LogP contribution in [0.3, 0.4) is 0 Å². The standard InChI is InChI=1S/C26H25ClN4O2S/c1-18-12-13-20(27)16-22(18)28-24(32)17-34-26-30-29-25(21-10-6-7-11-23(21)33-2)31(26)15-14-19-8-4-3-5-9-19/h3-13,16H,14-15,17H2,1-2H3,(H,28,32). The Balaban J connectivity index is 1.55. The van der Waals surface area contributed by atoms with Crippen molar-refractivity contribution in [3.8, 4) is 17.1 Å². The number of halogens is 1. The van der Waals surface area contributed by atoms with Crippen LogP contribution in [0.5, 0.6) is 5.75 Å². The van der Waals surface area contributed by atoms with Gasteiger partial charge in [0.25, 0.3) is 0 Å². The lowest BCUT2D eigenvalue weighted by molar-refractivity contribution is -0.113. The highest BCUT2D eigenvalue weighted by Gasteiger charge is 2.18. The van der Waals surface area contributed by atoms with Crippen molar-refractivity contribution < 1.29 is 9.53 Å². The van der Waals surface area contributed by atoms with Crippen molar-refractivity contribution >= 4 is 35.0 Å². The highest BCUT2D eigenvalue weighted by atomic mass is 35.5. The van der Waals surface area contributed by atoms with E-state index in [4.69, 9.17) is 16.3 Å². The lowest BCUT2D eigenvalue weighted by atomic mass is 10.1. The number of thioether (sulfide) groups is 1. The highest BCUT2D eigenvalue weighted by molar-refractivity contribution is 7.99. The fraction of sp³-hybridized carbons (Fsp3) is 0.192. The maximum absolute atomic E-state index is 12.7. The second-order valence-electron chi connectivity index (χ2n) is 7.69. The summed E-state index contributed by atoms with van der Waals surface area (Å²) in [7, 11) is 1.64. The fourth-order valence-corrected chi connectivity index (χ4v) is 4.49. The first-order chi connectivity index (χ1) is 16.5. The zero-order valence-electron chi connectivity index (χ0n) is 19.0. The van der Waals surface area contributed by atoms with Crippen LogP contribution in [0.1, 0.15) is 11.1 Å². The number of aromatic nitrogens is 3. The van der Waals surface area contributed by atoms with Gasteiger partial charge in [0, 0.05) is 17.3 Å². The minimum Gasteiger partial charge on any atom is -0.496 e. The monoisotopic (exact) mass is 492 g/mol. The van der Waals surface area contributed by atoms with Gasteiger partial charge in [0.15, 0.2) is 11.0 Å². The van der Waals surface area contributed by atoms with Gasteiger partial charge in [-0.3, -0.25) is 4.79 Å². The zero-order valence-corrected chi connectivity index (χ0v) is 20.6. The quantitative estimate of drug-likeness (QED) is 0.295. The Morgan fingerprint density at radius 3 is 2.62 bits per heavy atom. The number of ether oxygens (including phenoxy) is 1. The molecular weight excluding hydrogens is 468 g/mol. The number of hydrogen-bond acceptors (Lipinski definition) is 5. The van der Waals surface area contributed by atoms with E-state index in [2.05, 4.69) is 27.6 Å². The molecule has 0 aliphatic carbocycles. The molecule has 6 nitrogen and oxygen atoms in total. The van der Waals surface area contributed by atoms with E-state index in [1.54, 1.807) is 19.2 Å². The van der Waals surface area contributed by atoms with Gasteiger partial charge in [-0.25, -0.2) is 0 Å². The summed E-state index contributed by atoms with van der Waals surface area (Å²) in [5, 5.41) is 13.1. The van der Waals surface area contributed by atoms with Crippen molar-refractivity contribution in [3.63, 3.8) is 0 Å². The molecule has 0 saturated carbocycles. The van der Waals surface area contributed by atoms with E-state index in [9.17, 15) is 4.79 Å².